The van der Waals surface area contributed by atoms with Crippen LogP contribution in [0.4, 0.5) is 5.82 Å². The molecule has 1 aliphatic carbocycles. The number of aromatic nitrogens is 2. The molecule has 0 aliphatic heterocycles. The normalized spacial score (nSPS) is 20.1. The molecule has 1 atom stereocenters. The Balaban J connectivity index is 2.52. The van der Waals surface area contributed by atoms with Gasteiger partial charge in [0.15, 0.2) is 0 Å². The molecule has 2 rings (SSSR count). The van der Waals surface area contributed by atoms with E-state index in [0.717, 1.165) is 18.5 Å². The van der Waals surface area contributed by atoms with Crippen molar-refractivity contribution in [1.82, 2.24) is 9.97 Å². The molecule has 1 unspecified atom stereocenters. The zero-order valence-electron chi connectivity index (χ0n) is 7.60. The molecular formula is C9H11N3O2. The highest BCUT2D eigenvalue weighted by molar-refractivity contribution is 5.78. The van der Waals surface area contributed by atoms with Gasteiger partial charge in [-0.05, 0) is 19.3 Å². The molecule has 0 spiro atoms. The Bertz CT molecular complexity index is 378. The summed E-state index contributed by atoms with van der Waals surface area (Å²) in [5, 5.41) is 9.00. The minimum atomic E-state index is -0.840. The number of fused-ring (bicyclic) bond motifs is 1. The number of carboxylic acids is 1. The summed E-state index contributed by atoms with van der Waals surface area (Å²) in [6, 6.07) is 0. The minimum absolute atomic E-state index is 0.308. The number of anilines is 1. The van der Waals surface area contributed by atoms with Gasteiger partial charge in [-0.15, -0.1) is 0 Å². The summed E-state index contributed by atoms with van der Waals surface area (Å²) in [4.78, 5) is 18.8. The molecule has 1 aromatic rings. The number of hydrogen-bond acceptors (Lipinski definition) is 4. The first kappa shape index (κ1) is 8.93. The van der Waals surface area contributed by atoms with Crippen molar-refractivity contribution in [3.63, 3.8) is 0 Å². The highest BCUT2D eigenvalue weighted by Gasteiger charge is 2.29. The summed E-state index contributed by atoms with van der Waals surface area (Å²) < 4.78 is 0. The van der Waals surface area contributed by atoms with Crippen molar-refractivity contribution < 1.29 is 9.90 Å². The Labute approximate surface area is 81.0 Å². The van der Waals surface area contributed by atoms with Crippen LogP contribution in [0.15, 0.2) is 6.33 Å². The Hall–Kier alpha value is -1.65. The van der Waals surface area contributed by atoms with E-state index >= 15 is 0 Å². The zero-order valence-corrected chi connectivity index (χ0v) is 7.60. The first-order valence-electron chi connectivity index (χ1n) is 4.52. The Kier molecular flexibility index (Phi) is 2.07. The summed E-state index contributed by atoms with van der Waals surface area (Å²) in [6.45, 7) is 0. The lowest BCUT2D eigenvalue weighted by Crippen LogP contribution is -2.21. The maximum Gasteiger partial charge on any atom is 0.311 e. The number of nitrogens with two attached hydrogens (primary N) is 1. The van der Waals surface area contributed by atoms with Gasteiger partial charge in [-0.1, -0.05) is 0 Å². The fourth-order valence-corrected chi connectivity index (χ4v) is 1.89. The molecule has 1 heterocycles. The summed E-state index contributed by atoms with van der Waals surface area (Å²) >= 11 is 0. The topological polar surface area (TPSA) is 89.1 Å². The molecule has 0 saturated heterocycles. The maximum atomic E-state index is 11.0. The van der Waals surface area contributed by atoms with Crippen molar-refractivity contribution >= 4 is 11.8 Å². The van der Waals surface area contributed by atoms with Crippen LogP contribution in [0.25, 0.3) is 0 Å². The molecule has 1 aliphatic rings. The molecule has 5 nitrogen and oxygen atoms in total. The van der Waals surface area contributed by atoms with Crippen LogP contribution in [0.5, 0.6) is 0 Å². The molecule has 0 saturated carbocycles. The molecule has 1 aromatic heterocycles. The van der Waals surface area contributed by atoms with Gasteiger partial charge in [-0.3, -0.25) is 4.79 Å². The molecule has 0 bridgehead atoms. The Morgan fingerprint density at radius 1 is 1.57 bits per heavy atom. The first-order chi connectivity index (χ1) is 6.70. The van der Waals surface area contributed by atoms with Crippen molar-refractivity contribution in [3.05, 3.63) is 17.6 Å². The molecule has 5 heteroatoms. The van der Waals surface area contributed by atoms with Gasteiger partial charge < -0.3 is 10.8 Å². The third-order valence-corrected chi connectivity index (χ3v) is 2.55. The van der Waals surface area contributed by atoms with Gasteiger partial charge in [0.25, 0.3) is 0 Å². The van der Waals surface area contributed by atoms with Crippen molar-refractivity contribution in [2.24, 2.45) is 0 Å². The quantitative estimate of drug-likeness (QED) is 0.680. The number of nitrogen functional groups attached to an aromatic ring is 1. The van der Waals surface area contributed by atoms with E-state index in [2.05, 4.69) is 9.97 Å². The fraction of sp³-hybridized carbons (Fsp3) is 0.444. The number of aryl methyl sites for hydroxylation is 1. The van der Waals surface area contributed by atoms with Gasteiger partial charge in [0, 0.05) is 11.3 Å². The van der Waals surface area contributed by atoms with E-state index in [9.17, 15) is 4.79 Å². The SMILES string of the molecule is Nc1ncnc2c1C(C(=O)O)CCC2. The number of nitrogens with zero attached hydrogens (tertiary/aromatic N) is 2. The third-order valence-electron chi connectivity index (χ3n) is 2.55. The Morgan fingerprint density at radius 3 is 3.07 bits per heavy atom. The molecule has 0 radical (unpaired) electrons. The van der Waals surface area contributed by atoms with Gasteiger partial charge in [-0.25, -0.2) is 9.97 Å². The van der Waals surface area contributed by atoms with Gasteiger partial charge in [0.1, 0.15) is 12.1 Å². The number of carboxylic acid groups (broad SMARTS) is 1. The average molecular weight is 193 g/mol. The lowest BCUT2D eigenvalue weighted by Gasteiger charge is -2.21. The van der Waals surface area contributed by atoms with Gasteiger partial charge >= 0.3 is 5.97 Å². The monoisotopic (exact) mass is 193 g/mol. The van der Waals surface area contributed by atoms with E-state index in [1.807, 2.05) is 0 Å². The van der Waals surface area contributed by atoms with Crippen LogP contribution in [-0.2, 0) is 11.2 Å². The van der Waals surface area contributed by atoms with E-state index in [0.29, 0.717) is 17.8 Å². The number of carbonyl (C=O) groups is 1. The fourth-order valence-electron chi connectivity index (χ4n) is 1.89. The summed E-state index contributed by atoms with van der Waals surface area (Å²) in [6.07, 6.45) is 3.66. The first-order valence-corrected chi connectivity index (χ1v) is 4.52. The predicted octanol–water partition coefficient (Wildman–Crippen LogP) is 0.563. The molecule has 74 valence electrons. The van der Waals surface area contributed by atoms with E-state index in [4.69, 9.17) is 10.8 Å². The van der Waals surface area contributed by atoms with Crippen molar-refractivity contribution in [3.8, 4) is 0 Å². The Morgan fingerprint density at radius 2 is 2.36 bits per heavy atom. The minimum Gasteiger partial charge on any atom is -0.481 e. The molecule has 0 fully saturated rings. The second-order valence-electron chi connectivity index (χ2n) is 3.40. The number of aliphatic carboxylic acids is 1. The third kappa shape index (κ3) is 1.30. The van der Waals surface area contributed by atoms with Crippen LogP contribution in [0.2, 0.25) is 0 Å². The number of hydrogen-bond donors (Lipinski definition) is 2. The smallest absolute Gasteiger partial charge is 0.311 e. The van der Waals surface area contributed by atoms with Crippen molar-refractivity contribution in [2.75, 3.05) is 5.73 Å². The van der Waals surface area contributed by atoms with Crippen LogP contribution < -0.4 is 5.73 Å². The van der Waals surface area contributed by atoms with Crippen molar-refractivity contribution in [1.29, 1.82) is 0 Å². The lowest BCUT2D eigenvalue weighted by atomic mass is 9.86. The van der Waals surface area contributed by atoms with E-state index in [1.54, 1.807) is 0 Å². The predicted molar refractivity (Wildman–Crippen MR) is 49.8 cm³/mol. The standard InChI is InChI=1S/C9H11N3O2/c10-8-7-5(9(13)14)2-1-3-6(7)11-4-12-8/h4-5H,1-3H2,(H,13,14)(H2,10,11,12). The van der Waals surface area contributed by atoms with E-state index < -0.39 is 11.9 Å². The average Bonchev–Trinajstić information content (AvgIpc) is 2.17. The van der Waals surface area contributed by atoms with Crippen LogP contribution >= 0.6 is 0 Å². The molecule has 14 heavy (non-hydrogen) atoms. The molecule has 0 amide bonds. The van der Waals surface area contributed by atoms with Gasteiger partial charge in [0.2, 0.25) is 0 Å². The molecule has 0 aromatic carbocycles. The number of rotatable bonds is 1. The van der Waals surface area contributed by atoms with Crippen LogP contribution in [0, 0.1) is 0 Å². The second-order valence-corrected chi connectivity index (χ2v) is 3.40. The maximum absolute atomic E-state index is 11.0. The second kappa shape index (κ2) is 3.25. The van der Waals surface area contributed by atoms with Crippen LogP contribution in [0.1, 0.15) is 30.0 Å². The zero-order chi connectivity index (χ0) is 10.1. The molecule has 3 N–H and O–H groups in total. The molecular weight excluding hydrogens is 182 g/mol. The summed E-state index contributed by atoms with van der Waals surface area (Å²) in [7, 11) is 0. The largest absolute Gasteiger partial charge is 0.481 e. The highest BCUT2D eigenvalue weighted by Crippen LogP contribution is 2.33. The lowest BCUT2D eigenvalue weighted by molar-refractivity contribution is -0.139. The van der Waals surface area contributed by atoms with Gasteiger partial charge in [-0.2, -0.15) is 0 Å². The van der Waals surface area contributed by atoms with E-state index in [1.165, 1.54) is 6.33 Å². The highest BCUT2D eigenvalue weighted by atomic mass is 16.4. The van der Waals surface area contributed by atoms with E-state index in [-0.39, 0.29) is 0 Å². The van der Waals surface area contributed by atoms with Gasteiger partial charge in [0.05, 0.1) is 5.92 Å². The van der Waals surface area contributed by atoms with Crippen LogP contribution in [0.3, 0.4) is 0 Å². The van der Waals surface area contributed by atoms with Crippen LogP contribution in [-0.4, -0.2) is 21.0 Å². The summed E-state index contributed by atoms with van der Waals surface area (Å²) in [5.74, 6) is -1.06. The summed E-state index contributed by atoms with van der Waals surface area (Å²) in [5.41, 5.74) is 7.06. The van der Waals surface area contributed by atoms with Crippen molar-refractivity contribution in [2.45, 2.75) is 25.2 Å².